The van der Waals surface area contributed by atoms with Crippen LogP contribution in [0.15, 0.2) is 73.3 Å². The van der Waals surface area contributed by atoms with E-state index in [2.05, 4.69) is 15.0 Å². The van der Waals surface area contributed by atoms with Gasteiger partial charge in [-0.2, -0.15) is 0 Å². The number of hydrogen-bond donors (Lipinski definition) is 4. The number of nitrogens with two attached hydrogens (primary N) is 1. The first kappa shape index (κ1) is 29.5. The quantitative estimate of drug-likeness (QED) is 0.172. The Kier molecular flexibility index (Phi) is 8.95. The Labute approximate surface area is 234 Å². The van der Waals surface area contributed by atoms with Gasteiger partial charge in [-0.3, -0.25) is 13.7 Å². The summed E-state index contributed by atoms with van der Waals surface area (Å²) in [7, 11) is -8.80. The first-order valence-corrected chi connectivity index (χ1v) is 16.0. The fraction of sp³-hybridized carbons (Fsp3) is 0.320. The fourth-order valence-corrected chi connectivity index (χ4v) is 8.09. The Morgan fingerprint density at radius 1 is 0.878 bits per heavy atom. The minimum absolute atomic E-state index is 0.126. The van der Waals surface area contributed by atoms with Crippen LogP contribution in [0.25, 0.3) is 11.2 Å². The molecule has 41 heavy (non-hydrogen) atoms. The fourth-order valence-electron chi connectivity index (χ4n) is 4.22. The van der Waals surface area contributed by atoms with Gasteiger partial charge in [0.25, 0.3) is 0 Å². The highest BCUT2D eigenvalue weighted by atomic mass is 31.2. The van der Waals surface area contributed by atoms with Gasteiger partial charge in [-0.1, -0.05) is 60.7 Å². The molecule has 0 amide bonds. The molecule has 4 unspecified atom stereocenters. The molecule has 3 heterocycles. The van der Waals surface area contributed by atoms with E-state index in [4.69, 9.17) is 24.0 Å². The Morgan fingerprint density at radius 3 is 2.17 bits per heavy atom. The molecule has 0 bridgehead atoms. The largest absolute Gasteiger partial charge is 0.387 e. The molecule has 2 aromatic carbocycles. The molecule has 1 aliphatic rings. The van der Waals surface area contributed by atoms with Crippen molar-refractivity contribution in [2.75, 3.05) is 18.2 Å². The van der Waals surface area contributed by atoms with E-state index in [0.29, 0.717) is 11.1 Å². The molecule has 5 N–H and O–H groups in total. The Bertz CT molecular complexity index is 1560. The molecule has 1 aliphatic heterocycles. The van der Waals surface area contributed by atoms with Crippen LogP contribution in [0.4, 0.5) is 5.82 Å². The number of aromatic nitrogens is 4. The van der Waals surface area contributed by atoms with Gasteiger partial charge in [0.05, 0.1) is 26.1 Å². The number of benzene rings is 2. The average molecular weight is 605 g/mol. The van der Waals surface area contributed by atoms with Gasteiger partial charge in [0.1, 0.15) is 30.2 Å². The van der Waals surface area contributed by atoms with Crippen LogP contribution in [0.3, 0.4) is 0 Å². The molecule has 6 atom stereocenters. The number of rotatable bonds is 12. The van der Waals surface area contributed by atoms with E-state index in [0.717, 1.165) is 0 Å². The first-order valence-electron chi connectivity index (χ1n) is 12.5. The second kappa shape index (κ2) is 12.5. The maximum absolute atomic E-state index is 13.8. The van der Waals surface area contributed by atoms with Crippen molar-refractivity contribution >= 4 is 32.2 Å². The van der Waals surface area contributed by atoms with Crippen LogP contribution in [0.1, 0.15) is 17.4 Å². The zero-order valence-electron chi connectivity index (χ0n) is 21.6. The molecular formula is C25H29N5O9P2. The predicted molar refractivity (Wildman–Crippen MR) is 146 cm³/mol. The summed E-state index contributed by atoms with van der Waals surface area (Å²) in [6.07, 6.45) is -2.69. The standard InChI is InChI=1S/C25H29N5O9P2/c26-23-20-24(28-14-27-23)30(15-29-20)25-22(32)21(31)19(39-25)13-38-41(35,37-12-18-9-5-2-6-10-18)16-40(33,34)36-11-17-7-3-1-4-8-17/h1-10,14-15,19,21-22,25,31-32H,11-13,16H2,(H,33,34)(H2,26,27,28)/t19-,21?,22?,25-,41?/m1/s1. The minimum Gasteiger partial charge on any atom is -0.387 e. The zero-order chi connectivity index (χ0) is 29.0. The third-order valence-corrected chi connectivity index (χ3v) is 10.7. The lowest BCUT2D eigenvalue weighted by molar-refractivity contribution is -0.0491. The third-order valence-electron chi connectivity index (χ3n) is 6.33. The summed E-state index contributed by atoms with van der Waals surface area (Å²) in [5, 5.41) is 21.4. The molecule has 4 aromatic rings. The lowest BCUT2D eigenvalue weighted by Crippen LogP contribution is -2.33. The molecule has 0 spiro atoms. The van der Waals surface area contributed by atoms with Gasteiger partial charge >= 0.3 is 15.2 Å². The average Bonchev–Trinajstić information content (AvgIpc) is 3.52. The Morgan fingerprint density at radius 2 is 1.51 bits per heavy atom. The molecule has 1 fully saturated rings. The van der Waals surface area contributed by atoms with Crippen molar-refractivity contribution < 1.29 is 42.5 Å². The van der Waals surface area contributed by atoms with Crippen molar-refractivity contribution in [1.29, 1.82) is 0 Å². The number of imidazole rings is 1. The summed E-state index contributed by atoms with van der Waals surface area (Å²) in [5.41, 5.74) is 7.67. The number of aliphatic hydroxyl groups excluding tert-OH is 2. The van der Waals surface area contributed by atoms with Gasteiger partial charge in [-0.05, 0) is 11.1 Å². The van der Waals surface area contributed by atoms with Gasteiger partial charge in [-0.15, -0.1) is 0 Å². The minimum atomic E-state index is -4.48. The highest BCUT2D eigenvalue weighted by molar-refractivity contribution is 7.70. The van der Waals surface area contributed by atoms with Crippen molar-refractivity contribution in [2.24, 2.45) is 0 Å². The maximum Gasteiger partial charge on any atom is 0.343 e. The van der Waals surface area contributed by atoms with Crippen molar-refractivity contribution in [2.45, 2.75) is 37.8 Å². The van der Waals surface area contributed by atoms with Gasteiger partial charge in [-0.25, -0.2) is 15.0 Å². The maximum atomic E-state index is 13.8. The molecule has 218 valence electrons. The molecule has 5 rings (SSSR count). The van der Waals surface area contributed by atoms with Crippen LogP contribution in [-0.2, 0) is 40.7 Å². The van der Waals surface area contributed by atoms with Crippen LogP contribution >= 0.6 is 15.2 Å². The summed E-state index contributed by atoms with van der Waals surface area (Å²) in [5.74, 6) is -0.822. The van der Waals surface area contributed by atoms with Crippen molar-refractivity contribution in [1.82, 2.24) is 19.5 Å². The molecule has 0 radical (unpaired) electrons. The molecule has 0 aliphatic carbocycles. The molecule has 14 nitrogen and oxygen atoms in total. The van der Waals surface area contributed by atoms with Crippen LogP contribution in [0.2, 0.25) is 0 Å². The van der Waals surface area contributed by atoms with Crippen molar-refractivity contribution in [3.63, 3.8) is 0 Å². The number of fused-ring (bicyclic) bond motifs is 1. The van der Waals surface area contributed by atoms with Crippen molar-refractivity contribution in [3.05, 3.63) is 84.4 Å². The zero-order valence-corrected chi connectivity index (χ0v) is 23.4. The number of hydrogen-bond acceptors (Lipinski definition) is 12. The van der Waals surface area contributed by atoms with Gasteiger partial charge < -0.3 is 39.1 Å². The van der Waals surface area contributed by atoms with Crippen molar-refractivity contribution in [3.8, 4) is 0 Å². The first-order chi connectivity index (χ1) is 19.6. The molecule has 1 saturated heterocycles. The van der Waals surface area contributed by atoms with E-state index in [1.807, 2.05) is 0 Å². The number of nitrogens with zero attached hydrogens (tertiary/aromatic N) is 4. The second-order valence-corrected chi connectivity index (χ2v) is 13.7. The molecule has 0 saturated carbocycles. The van der Waals surface area contributed by atoms with Crippen LogP contribution in [0.5, 0.6) is 0 Å². The SMILES string of the molecule is Nc1ncnc2c1ncn2[C@@H]1O[C@H](COP(=O)(CP(=O)(O)OCc2ccccc2)OCc2ccccc2)C(O)C1O. The lowest BCUT2D eigenvalue weighted by atomic mass is 10.1. The van der Waals surface area contributed by atoms with E-state index in [1.165, 1.54) is 17.2 Å². The van der Waals surface area contributed by atoms with E-state index < -0.39 is 52.2 Å². The normalized spacial score (nSPS) is 23.8. The van der Waals surface area contributed by atoms with Gasteiger partial charge in [0, 0.05) is 0 Å². The third kappa shape index (κ3) is 7.07. The number of nitrogen functional groups attached to an aromatic ring is 1. The van der Waals surface area contributed by atoms with Gasteiger partial charge in [0.2, 0.25) is 0 Å². The summed E-state index contributed by atoms with van der Waals surface area (Å²) in [4.78, 5) is 22.7. The lowest BCUT2D eigenvalue weighted by Gasteiger charge is -2.23. The van der Waals surface area contributed by atoms with Crippen LogP contribution in [0, 0.1) is 0 Å². The monoisotopic (exact) mass is 605 g/mol. The summed E-state index contributed by atoms with van der Waals surface area (Å²) in [6.45, 7) is -0.917. The topological polar surface area (TPSA) is 201 Å². The van der Waals surface area contributed by atoms with E-state index in [9.17, 15) is 24.2 Å². The molecular weight excluding hydrogens is 576 g/mol. The number of ether oxygens (including phenoxy) is 1. The summed E-state index contributed by atoms with van der Waals surface area (Å²) < 4.78 is 50.3. The summed E-state index contributed by atoms with van der Waals surface area (Å²) in [6, 6.07) is 17.5. The molecule has 2 aromatic heterocycles. The van der Waals surface area contributed by atoms with Crippen LogP contribution < -0.4 is 5.73 Å². The van der Waals surface area contributed by atoms with E-state index >= 15 is 0 Å². The van der Waals surface area contributed by atoms with Gasteiger partial charge in [0.15, 0.2) is 23.6 Å². The van der Waals surface area contributed by atoms with E-state index in [1.54, 1.807) is 60.7 Å². The summed E-state index contributed by atoms with van der Waals surface area (Å²) >= 11 is 0. The highest BCUT2D eigenvalue weighted by Crippen LogP contribution is 2.62. The number of anilines is 1. The number of aliphatic hydroxyl groups is 2. The highest BCUT2D eigenvalue weighted by Gasteiger charge is 2.46. The van der Waals surface area contributed by atoms with Crippen LogP contribution in [-0.4, -0.2) is 65.4 Å². The smallest absolute Gasteiger partial charge is 0.343 e. The molecule has 16 heteroatoms. The Hall–Kier alpha value is -3.03. The van der Waals surface area contributed by atoms with E-state index in [-0.39, 0.29) is 30.2 Å². The second-order valence-electron chi connectivity index (χ2n) is 9.33. The Balaban J connectivity index is 1.29. The predicted octanol–water partition coefficient (Wildman–Crippen LogP) is 2.81.